The van der Waals surface area contributed by atoms with E-state index in [2.05, 4.69) is 31.3 Å². The van der Waals surface area contributed by atoms with Gasteiger partial charge in [-0.25, -0.2) is 0 Å². The average Bonchev–Trinajstić information content (AvgIpc) is 2.38. The van der Waals surface area contributed by atoms with Crippen LogP contribution in [0.25, 0.3) is 0 Å². The second kappa shape index (κ2) is 6.31. The summed E-state index contributed by atoms with van der Waals surface area (Å²) in [7, 11) is 0. The first-order valence-electron chi connectivity index (χ1n) is 6.39. The topological polar surface area (TPSA) is 12.0 Å². The molecular weight excluding hydrogens is 277 g/mol. The molecule has 0 aliphatic rings. The maximum atomic E-state index is 6.26. The lowest BCUT2D eigenvalue weighted by Gasteiger charge is -2.21. The molecule has 0 aliphatic carbocycles. The number of para-hydroxylation sites is 1. The highest BCUT2D eigenvalue weighted by atomic mass is 35.5. The SMILES string of the molecule is CCC(Nc1c(C)cccc1Cl)c1cccc(Cl)c1. The summed E-state index contributed by atoms with van der Waals surface area (Å²) in [5, 5.41) is 5.03. The zero-order valence-electron chi connectivity index (χ0n) is 11.1. The second-order valence-electron chi connectivity index (χ2n) is 4.59. The third kappa shape index (κ3) is 3.43. The van der Waals surface area contributed by atoms with Crippen LogP contribution in [0.1, 0.15) is 30.5 Å². The van der Waals surface area contributed by atoms with E-state index in [4.69, 9.17) is 23.2 Å². The molecule has 19 heavy (non-hydrogen) atoms. The van der Waals surface area contributed by atoms with Crippen LogP contribution in [-0.2, 0) is 0 Å². The predicted molar refractivity (Wildman–Crippen MR) is 84.3 cm³/mol. The molecule has 1 N–H and O–H groups in total. The standard InChI is InChI=1S/C16H17Cl2N/c1-3-15(12-7-5-8-13(17)10-12)19-16-11(2)6-4-9-14(16)18/h4-10,15,19H,3H2,1-2H3. The molecule has 0 fully saturated rings. The Hall–Kier alpha value is -1.18. The molecule has 100 valence electrons. The van der Waals surface area contributed by atoms with Crippen LogP contribution in [0.2, 0.25) is 10.0 Å². The third-order valence-electron chi connectivity index (χ3n) is 3.20. The quantitative estimate of drug-likeness (QED) is 0.744. The number of aryl methyl sites for hydroxylation is 1. The third-order valence-corrected chi connectivity index (χ3v) is 3.75. The van der Waals surface area contributed by atoms with E-state index in [9.17, 15) is 0 Å². The minimum Gasteiger partial charge on any atom is -0.377 e. The Kier molecular flexibility index (Phi) is 4.73. The van der Waals surface area contributed by atoms with Crippen LogP contribution in [0.5, 0.6) is 0 Å². The smallest absolute Gasteiger partial charge is 0.0640 e. The van der Waals surface area contributed by atoms with Crippen molar-refractivity contribution in [1.82, 2.24) is 0 Å². The van der Waals surface area contributed by atoms with Gasteiger partial charge in [-0.15, -0.1) is 0 Å². The van der Waals surface area contributed by atoms with E-state index < -0.39 is 0 Å². The Morgan fingerprint density at radius 1 is 1.11 bits per heavy atom. The number of rotatable bonds is 4. The highest BCUT2D eigenvalue weighted by molar-refractivity contribution is 6.33. The van der Waals surface area contributed by atoms with Gasteiger partial charge in [-0.05, 0) is 42.7 Å². The Morgan fingerprint density at radius 3 is 2.47 bits per heavy atom. The lowest BCUT2D eigenvalue weighted by molar-refractivity contribution is 0.748. The van der Waals surface area contributed by atoms with Crippen molar-refractivity contribution in [2.45, 2.75) is 26.3 Å². The van der Waals surface area contributed by atoms with E-state index in [1.165, 1.54) is 5.56 Å². The van der Waals surface area contributed by atoms with Crippen LogP contribution in [0.15, 0.2) is 42.5 Å². The Balaban J connectivity index is 2.29. The lowest BCUT2D eigenvalue weighted by atomic mass is 10.0. The van der Waals surface area contributed by atoms with Crippen molar-refractivity contribution in [1.29, 1.82) is 0 Å². The largest absolute Gasteiger partial charge is 0.377 e. The van der Waals surface area contributed by atoms with E-state index in [0.29, 0.717) is 0 Å². The number of hydrogen-bond acceptors (Lipinski definition) is 1. The van der Waals surface area contributed by atoms with E-state index in [-0.39, 0.29) is 6.04 Å². The molecule has 3 heteroatoms. The number of anilines is 1. The first-order valence-corrected chi connectivity index (χ1v) is 7.14. The summed E-state index contributed by atoms with van der Waals surface area (Å²) in [6.07, 6.45) is 0.963. The van der Waals surface area contributed by atoms with Gasteiger partial charge in [0.05, 0.1) is 16.8 Å². The summed E-state index contributed by atoms with van der Waals surface area (Å²) in [4.78, 5) is 0. The van der Waals surface area contributed by atoms with Crippen molar-refractivity contribution >= 4 is 28.9 Å². The van der Waals surface area contributed by atoms with Gasteiger partial charge in [-0.3, -0.25) is 0 Å². The normalized spacial score (nSPS) is 12.2. The van der Waals surface area contributed by atoms with Gasteiger partial charge in [0.2, 0.25) is 0 Å². The van der Waals surface area contributed by atoms with Gasteiger partial charge >= 0.3 is 0 Å². The summed E-state index contributed by atoms with van der Waals surface area (Å²) in [6, 6.07) is 14.1. The second-order valence-corrected chi connectivity index (χ2v) is 5.44. The minimum atomic E-state index is 0.206. The molecule has 0 spiro atoms. The molecule has 0 radical (unpaired) electrons. The fourth-order valence-electron chi connectivity index (χ4n) is 2.13. The fraction of sp³-hybridized carbons (Fsp3) is 0.250. The minimum absolute atomic E-state index is 0.206. The van der Waals surface area contributed by atoms with Gasteiger partial charge in [0.15, 0.2) is 0 Å². The highest BCUT2D eigenvalue weighted by Crippen LogP contribution is 2.31. The van der Waals surface area contributed by atoms with Crippen molar-refractivity contribution in [3.8, 4) is 0 Å². The van der Waals surface area contributed by atoms with Crippen molar-refractivity contribution < 1.29 is 0 Å². The number of hydrogen-bond donors (Lipinski definition) is 1. The van der Waals surface area contributed by atoms with E-state index >= 15 is 0 Å². The molecule has 0 saturated heterocycles. The first kappa shape index (κ1) is 14.2. The van der Waals surface area contributed by atoms with Crippen LogP contribution in [-0.4, -0.2) is 0 Å². The monoisotopic (exact) mass is 293 g/mol. The summed E-state index contributed by atoms with van der Waals surface area (Å²) in [6.45, 7) is 4.20. The van der Waals surface area contributed by atoms with Crippen LogP contribution in [0.4, 0.5) is 5.69 Å². The lowest BCUT2D eigenvalue weighted by Crippen LogP contribution is -2.11. The van der Waals surface area contributed by atoms with Crippen LogP contribution in [0.3, 0.4) is 0 Å². The van der Waals surface area contributed by atoms with E-state index in [0.717, 1.165) is 27.7 Å². The van der Waals surface area contributed by atoms with Crippen molar-refractivity contribution in [2.24, 2.45) is 0 Å². The predicted octanol–water partition coefficient (Wildman–Crippen LogP) is 5.87. The van der Waals surface area contributed by atoms with Crippen molar-refractivity contribution in [3.63, 3.8) is 0 Å². The molecule has 0 heterocycles. The maximum Gasteiger partial charge on any atom is 0.0640 e. The van der Waals surface area contributed by atoms with Crippen molar-refractivity contribution in [3.05, 3.63) is 63.6 Å². The average molecular weight is 294 g/mol. The maximum absolute atomic E-state index is 6.26. The molecule has 2 aromatic rings. The summed E-state index contributed by atoms with van der Waals surface area (Å²) >= 11 is 12.3. The van der Waals surface area contributed by atoms with E-state index in [1.807, 2.05) is 30.3 Å². The number of halogens is 2. The van der Waals surface area contributed by atoms with Gasteiger partial charge in [-0.1, -0.05) is 54.4 Å². The summed E-state index contributed by atoms with van der Waals surface area (Å²) in [5.41, 5.74) is 3.32. The zero-order chi connectivity index (χ0) is 13.8. The molecule has 0 aromatic heterocycles. The molecule has 0 bridgehead atoms. The fourth-order valence-corrected chi connectivity index (χ4v) is 2.61. The Labute approximate surface area is 124 Å². The summed E-state index contributed by atoms with van der Waals surface area (Å²) < 4.78 is 0. The molecule has 2 aromatic carbocycles. The van der Waals surface area contributed by atoms with Gasteiger partial charge < -0.3 is 5.32 Å². The Bertz CT molecular complexity index is 546. The highest BCUT2D eigenvalue weighted by Gasteiger charge is 2.12. The van der Waals surface area contributed by atoms with Crippen LogP contribution >= 0.6 is 23.2 Å². The Morgan fingerprint density at radius 2 is 1.84 bits per heavy atom. The van der Waals surface area contributed by atoms with Gasteiger partial charge in [-0.2, -0.15) is 0 Å². The number of benzene rings is 2. The van der Waals surface area contributed by atoms with Crippen LogP contribution < -0.4 is 5.32 Å². The molecule has 0 saturated carbocycles. The molecule has 0 amide bonds. The van der Waals surface area contributed by atoms with Gasteiger partial charge in [0, 0.05) is 5.02 Å². The molecule has 0 aliphatic heterocycles. The van der Waals surface area contributed by atoms with Gasteiger partial charge in [0.1, 0.15) is 0 Å². The molecule has 1 nitrogen and oxygen atoms in total. The molecule has 2 rings (SSSR count). The van der Waals surface area contributed by atoms with Crippen LogP contribution in [0, 0.1) is 6.92 Å². The zero-order valence-corrected chi connectivity index (χ0v) is 12.6. The molecule has 1 unspecified atom stereocenters. The molecular formula is C16H17Cl2N. The van der Waals surface area contributed by atoms with Crippen molar-refractivity contribution in [2.75, 3.05) is 5.32 Å². The molecule has 1 atom stereocenters. The van der Waals surface area contributed by atoms with E-state index in [1.54, 1.807) is 0 Å². The van der Waals surface area contributed by atoms with Gasteiger partial charge in [0.25, 0.3) is 0 Å². The summed E-state index contributed by atoms with van der Waals surface area (Å²) in [5.74, 6) is 0. The first-order chi connectivity index (χ1) is 9.11. The number of nitrogens with one attached hydrogen (secondary N) is 1.